The molecule has 2 aliphatic heterocycles. The van der Waals surface area contributed by atoms with E-state index < -0.39 is 86.8 Å². The Morgan fingerprint density at radius 1 is 0.597 bits per heavy atom. The van der Waals surface area contributed by atoms with E-state index in [1.54, 1.807) is 6.08 Å². The molecule has 14 nitrogen and oxygen atoms in total. The van der Waals surface area contributed by atoms with Crippen molar-refractivity contribution in [1.82, 2.24) is 5.32 Å². The van der Waals surface area contributed by atoms with Crippen molar-refractivity contribution in [1.29, 1.82) is 0 Å². The van der Waals surface area contributed by atoms with Gasteiger partial charge in [-0.25, -0.2) is 0 Å². The van der Waals surface area contributed by atoms with Gasteiger partial charge >= 0.3 is 0 Å². The summed E-state index contributed by atoms with van der Waals surface area (Å²) in [5.41, 5.74) is 0. The molecule has 2 fully saturated rings. The molecule has 0 radical (unpaired) electrons. The molecule has 2 rings (SSSR count). The molecule has 0 aromatic heterocycles. The van der Waals surface area contributed by atoms with Gasteiger partial charge in [-0.1, -0.05) is 125 Å². The average Bonchev–Trinajstić information content (AvgIpc) is 3.27. The van der Waals surface area contributed by atoms with E-state index in [2.05, 4.69) is 79.9 Å². The summed E-state index contributed by atoms with van der Waals surface area (Å²) in [6.45, 7) is 2.57. The molecule has 14 heteroatoms. The Hall–Kier alpha value is -2.57. The highest BCUT2D eigenvalue weighted by atomic mass is 16.7. The predicted molar refractivity (Wildman–Crippen MR) is 240 cm³/mol. The molecule has 2 aliphatic rings. The Balaban J connectivity index is 1.91. The average molecular weight is 880 g/mol. The summed E-state index contributed by atoms with van der Waals surface area (Å²) < 4.78 is 22.6. The molecule has 12 atom stereocenters. The third-order valence-corrected chi connectivity index (χ3v) is 10.9. The highest BCUT2D eigenvalue weighted by Crippen LogP contribution is 2.30. The summed E-state index contributed by atoms with van der Waals surface area (Å²) in [5.74, 6) is -0.279. The monoisotopic (exact) mass is 880 g/mol. The second-order valence-corrected chi connectivity index (χ2v) is 16.1. The molecule has 0 aromatic rings. The van der Waals surface area contributed by atoms with Crippen molar-refractivity contribution >= 4 is 5.91 Å². The van der Waals surface area contributed by atoms with E-state index >= 15 is 0 Å². The van der Waals surface area contributed by atoms with Crippen LogP contribution in [0.4, 0.5) is 0 Å². The Morgan fingerprint density at radius 2 is 1.13 bits per heavy atom. The van der Waals surface area contributed by atoms with E-state index in [1.165, 1.54) is 32.1 Å². The first-order valence-corrected chi connectivity index (χ1v) is 23.2. The van der Waals surface area contributed by atoms with Gasteiger partial charge in [0.2, 0.25) is 5.91 Å². The van der Waals surface area contributed by atoms with Crippen molar-refractivity contribution in [3.05, 3.63) is 72.9 Å². The van der Waals surface area contributed by atoms with Crippen LogP contribution >= 0.6 is 0 Å². The lowest BCUT2D eigenvalue weighted by Gasteiger charge is -2.46. The number of carbonyl (C=O) groups excluding carboxylic acids is 1. The highest BCUT2D eigenvalue weighted by Gasteiger charge is 2.50. The number of hydrogen-bond acceptors (Lipinski definition) is 13. The van der Waals surface area contributed by atoms with Gasteiger partial charge in [0.1, 0.15) is 48.8 Å². The number of unbranched alkanes of at least 4 members (excludes halogenated alkanes) is 10. The number of ether oxygens (including phenoxy) is 4. The van der Waals surface area contributed by atoms with Crippen LogP contribution in [0.25, 0.3) is 0 Å². The Kier molecular flexibility index (Phi) is 31.2. The molecule has 0 bridgehead atoms. The van der Waals surface area contributed by atoms with Crippen molar-refractivity contribution in [2.24, 2.45) is 0 Å². The zero-order chi connectivity index (χ0) is 45.4. The van der Waals surface area contributed by atoms with Gasteiger partial charge in [0.25, 0.3) is 0 Å². The summed E-state index contributed by atoms with van der Waals surface area (Å²) >= 11 is 0. The number of rotatable bonds is 33. The number of carbonyl (C=O) groups is 1. The molecule has 0 saturated carbocycles. The first-order valence-electron chi connectivity index (χ1n) is 23.2. The number of nitrogens with one attached hydrogen (secondary N) is 1. The largest absolute Gasteiger partial charge is 0.394 e. The Labute approximate surface area is 370 Å². The maximum Gasteiger partial charge on any atom is 0.220 e. The van der Waals surface area contributed by atoms with Crippen LogP contribution in [0.5, 0.6) is 0 Å². The van der Waals surface area contributed by atoms with E-state index in [0.29, 0.717) is 12.8 Å². The van der Waals surface area contributed by atoms with Crippen LogP contribution in [0.3, 0.4) is 0 Å². The second kappa shape index (κ2) is 34.8. The lowest BCUT2D eigenvalue weighted by molar-refractivity contribution is -0.359. The molecular formula is C48H81NO13. The van der Waals surface area contributed by atoms with Crippen LogP contribution < -0.4 is 5.32 Å². The summed E-state index contributed by atoms with van der Waals surface area (Å²) in [6.07, 6.45) is 25.2. The standard InChI is InChI=1S/C48H81NO13/c1-3-5-7-9-11-13-15-16-17-18-19-20-22-24-26-28-30-32-40(53)49-36(37(52)31-29-27-25-23-21-14-12-10-8-6-4-2)35-59-47-45(58)43(56)46(39(34-51)61-47)62-48-44(57)42(55)41(54)38(33-50)60-48/h5,7,11,13,16-17,19-21,23,29,31,36-39,41-48,50-52,54-58H,3-4,6,8-10,12,14-15,18,22,24-28,30,32-35H2,1-2H3,(H,49,53)/b7-5-,13-11-,17-16-,20-19-,23-21+,31-29+. The SMILES string of the molecule is CC/C=C\C/C=C\C/C=C\C/C=C\CCCCCCC(=O)NC(COC1OC(CO)C(OC2OC(CO)C(O)C(O)C2O)C(O)C1O)C(O)/C=C/CC/C=C/CCCCCCC. The first-order chi connectivity index (χ1) is 30.1. The van der Waals surface area contributed by atoms with Crippen LogP contribution in [0.1, 0.15) is 129 Å². The van der Waals surface area contributed by atoms with Crippen LogP contribution in [0.2, 0.25) is 0 Å². The van der Waals surface area contributed by atoms with E-state index in [0.717, 1.165) is 64.2 Å². The zero-order valence-corrected chi connectivity index (χ0v) is 37.3. The summed E-state index contributed by atoms with van der Waals surface area (Å²) in [5, 5.41) is 86.4. The molecule has 12 unspecified atom stereocenters. The van der Waals surface area contributed by atoms with Crippen molar-refractivity contribution < 1.29 is 64.6 Å². The van der Waals surface area contributed by atoms with Crippen molar-refractivity contribution in [2.75, 3.05) is 19.8 Å². The molecule has 0 spiro atoms. The third-order valence-electron chi connectivity index (χ3n) is 10.9. The van der Waals surface area contributed by atoms with E-state index in [-0.39, 0.29) is 18.9 Å². The van der Waals surface area contributed by atoms with Crippen LogP contribution in [-0.2, 0) is 23.7 Å². The fourth-order valence-electron chi connectivity index (χ4n) is 7.06. The molecule has 62 heavy (non-hydrogen) atoms. The van der Waals surface area contributed by atoms with Crippen LogP contribution in [0, 0.1) is 0 Å². The van der Waals surface area contributed by atoms with Crippen molar-refractivity contribution in [2.45, 2.75) is 203 Å². The van der Waals surface area contributed by atoms with Gasteiger partial charge in [0, 0.05) is 6.42 Å². The van der Waals surface area contributed by atoms with Gasteiger partial charge in [-0.05, 0) is 70.6 Å². The minimum atomic E-state index is -1.79. The maximum absolute atomic E-state index is 13.1. The first kappa shape index (κ1) is 55.6. The quantitative estimate of drug-likeness (QED) is 0.0317. The lowest BCUT2D eigenvalue weighted by Crippen LogP contribution is -2.65. The van der Waals surface area contributed by atoms with E-state index in [9.17, 15) is 45.6 Å². The van der Waals surface area contributed by atoms with Crippen LogP contribution in [0.15, 0.2) is 72.9 Å². The smallest absolute Gasteiger partial charge is 0.220 e. The van der Waals surface area contributed by atoms with Gasteiger partial charge in [-0.2, -0.15) is 0 Å². The lowest BCUT2D eigenvalue weighted by atomic mass is 9.97. The Bertz CT molecular complexity index is 1320. The topological polar surface area (TPSA) is 228 Å². The third kappa shape index (κ3) is 22.4. The number of amides is 1. The molecular weight excluding hydrogens is 799 g/mol. The zero-order valence-electron chi connectivity index (χ0n) is 37.3. The molecule has 2 heterocycles. The molecule has 2 saturated heterocycles. The number of aliphatic hydroxyl groups excluding tert-OH is 8. The second-order valence-electron chi connectivity index (χ2n) is 16.1. The Morgan fingerprint density at radius 3 is 1.76 bits per heavy atom. The maximum atomic E-state index is 13.1. The summed E-state index contributed by atoms with van der Waals surface area (Å²) in [4.78, 5) is 13.1. The summed E-state index contributed by atoms with van der Waals surface area (Å²) in [7, 11) is 0. The molecule has 1 amide bonds. The molecule has 0 aliphatic carbocycles. The van der Waals surface area contributed by atoms with Gasteiger partial charge in [-0.3, -0.25) is 4.79 Å². The molecule has 9 N–H and O–H groups in total. The fourth-order valence-corrected chi connectivity index (χ4v) is 7.06. The van der Waals surface area contributed by atoms with Crippen molar-refractivity contribution in [3.63, 3.8) is 0 Å². The van der Waals surface area contributed by atoms with E-state index in [4.69, 9.17) is 18.9 Å². The minimum Gasteiger partial charge on any atom is -0.394 e. The number of aliphatic hydroxyl groups is 8. The highest BCUT2D eigenvalue weighted by molar-refractivity contribution is 5.76. The van der Waals surface area contributed by atoms with Crippen molar-refractivity contribution in [3.8, 4) is 0 Å². The normalized spacial score (nSPS) is 28.4. The van der Waals surface area contributed by atoms with Gasteiger partial charge in [0.05, 0.1) is 32.0 Å². The number of allylic oxidation sites excluding steroid dienone is 11. The van der Waals surface area contributed by atoms with Crippen LogP contribution in [-0.4, -0.2) is 140 Å². The minimum absolute atomic E-state index is 0.241. The fraction of sp³-hybridized carbons (Fsp3) is 0.729. The van der Waals surface area contributed by atoms with E-state index in [1.807, 2.05) is 6.08 Å². The van der Waals surface area contributed by atoms with Gasteiger partial charge < -0.3 is 65.1 Å². The van der Waals surface area contributed by atoms with Gasteiger partial charge in [-0.15, -0.1) is 0 Å². The number of hydrogen-bond donors (Lipinski definition) is 9. The molecule has 356 valence electrons. The predicted octanol–water partition coefficient (Wildman–Crippen LogP) is 4.87. The van der Waals surface area contributed by atoms with Gasteiger partial charge in [0.15, 0.2) is 12.6 Å². The summed E-state index contributed by atoms with van der Waals surface area (Å²) in [6, 6.07) is -0.945. The molecule has 0 aromatic carbocycles.